The molecule has 0 aliphatic heterocycles. The van der Waals surface area contributed by atoms with Gasteiger partial charge in [-0.2, -0.15) is 0 Å². The van der Waals surface area contributed by atoms with E-state index in [0.29, 0.717) is 22.3 Å². The molecule has 1 N–H and O–H groups in total. The van der Waals surface area contributed by atoms with Crippen LogP contribution in [-0.2, 0) is 27.9 Å². The van der Waals surface area contributed by atoms with Crippen LogP contribution in [0.15, 0.2) is 79.4 Å². The van der Waals surface area contributed by atoms with Crippen LogP contribution in [0.3, 0.4) is 0 Å². The first-order valence-electron chi connectivity index (χ1n) is 10.1. The number of hydrogen-bond acceptors (Lipinski definition) is 7. The molecule has 4 rings (SSSR count). The van der Waals surface area contributed by atoms with E-state index in [1.165, 1.54) is 36.6 Å². The summed E-state index contributed by atoms with van der Waals surface area (Å²) >= 11 is 0. The molecule has 0 saturated heterocycles. The zero-order valence-electron chi connectivity index (χ0n) is 18.0. The Morgan fingerprint density at radius 2 is 1.76 bits per heavy atom. The topological polar surface area (TPSA) is 116 Å². The average Bonchev–Trinajstić information content (AvgIpc) is 3.31. The molecule has 0 aliphatic rings. The van der Waals surface area contributed by atoms with Crippen LogP contribution in [0.2, 0.25) is 0 Å². The molecule has 2 aromatic heterocycles. The Hall–Kier alpha value is -3.69. The van der Waals surface area contributed by atoms with Crippen LogP contribution in [0.1, 0.15) is 32.8 Å². The van der Waals surface area contributed by atoms with Gasteiger partial charge in [-0.05, 0) is 73.5 Å². The number of benzene rings is 2. The highest BCUT2D eigenvalue weighted by Gasteiger charge is 2.17. The Balaban J connectivity index is 1.46. The molecule has 170 valence electrons. The Labute approximate surface area is 189 Å². The predicted molar refractivity (Wildman–Crippen MR) is 120 cm³/mol. The lowest BCUT2D eigenvalue weighted by molar-refractivity contribution is 0.0473. The van der Waals surface area contributed by atoms with Crippen molar-refractivity contribution in [1.29, 1.82) is 0 Å². The first-order chi connectivity index (χ1) is 15.7. The monoisotopic (exact) mass is 467 g/mol. The first-order valence-corrected chi connectivity index (χ1v) is 11.5. The fourth-order valence-corrected chi connectivity index (χ4v) is 4.26. The van der Waals surface area contributed by atoms with E-state index in [2.05, 4.69) is 4.72 Å². The highest BCUT2D eigenvalue weighted by atomic mass is 32.2. The third-order valence-electron chi connectivity index (χ3n) is 5.22. The molecule has 0 saturated carbocycles. The molecule has 0 amide bonds. The molecule has 0 fully saturated rings. The van der Waals surface area contributed by atoms with Gasteiger partial charge in [0.2, 0.25) is 10.0 Å². The Morgan fingerprint density at radius 1 is 1.03 bits per heavy atom. The van der Waals surface area contributed by atoms with Crippen molar-refractivity contribution in [2.45, 2.75) is 31.9 Å². The van der Waals surface area contributed by atoms with Crippen molar-refractivity contribution in [2.75, 3.05) is 0 Å². The molecule has 0 spiro atoms. The van der Waals surface area contributed by atoms with E-state index >= 15 is 0 Å². The van der Waals surface area contributed by atoms with Crippen LogP contribution in [0.4, 0.5) is 0 Å². The second-order valence-electron chi connectivity index (χ2n) is 7.53. The molecule has 0 bridgehead atoms. The molecule has 33 heavy (non-hydrogen) atoms. The number of aryl methyl sites for hydroxylation is 2. The van der Waals surface area contributed by atoms with E-state index < -0.39 is 21.6 Å². The number of furan rings is 1. The molecular weight excluding hydrogens is 446 g/mol. The highest BCUT2D eigenvalue weighted by molar-refractivity contribution is 7.89. The van der Waals surface area contributed by atoms with Crippen molar-refractivity contribution in [1.82, 2.24) is 4.72 Å². The van der Waals surface area contributed by atoms with Gasteiger partial charge in [0.05, 0.1) is 23.3 Å². The van der Waals surface area contributed by atoms with Gasteiger partial charge in [0.1, 0.15) is 18.0 Å². The fraction of sp³-hybridized carbons (Fsp3) is 0.167. The lowest BCUT2D eigenvalue weighted by atomic mass is 10.0. The van der Waals surface area contributed by atoms with Gasteiger partial charge < -0.3 is 13.6 Å². The second-order valence-corrected chi connectivity index (χ2v) is 9.29. The van der Waals surface area contributed by atoms with Gasteiger partial charge in [0, 0.05) is 17.0 Å². The number of hydrogen-bond donors (Lipinski definition) is 1. The van der Waals surface area contributed by atoms with E-state index in [9.17, 15) is 18.0 Å². The number of carbonyl (C=O) groups is 1. The third kappa shape index (κ3) is 5.05. The SMILES string of the molecule is Cc1cc2oc(=O)cc(COC(=O)c3ccc(S(=O)(=O)NCc4ccco4)cc3)c2cc1C. The van der Waals surface area contributed by atoms with E-state index in [-0.39, 0.29) is 23.6 Å². The largest absolute Gasteiger partial charge is 0.468 e. The number of carbonyl (C=O) groups excluding carboxylic acids is 1. The number of esters is 1. The summed E-state index contributed by atoms with van der Waals surface area (Å²) in [7, 11) is -3.78. The van der Waals surface area contributed by atoms with Gasteiger partial charge in [-0.1, -0.05) is 0 Å². The minimum Gasteiger partial charge on any atom is -0.468 e. The Kier molecular flexibility index (Phi) is 6.17. The number of nitrogens with one attached hydrogen (secondary N) is 1. The lowest BCUT2D eigenvalue weighted by Gasteiger charge is -2.10. The van der Waals surface area contributed by atoms with Crippen molar-refractivity contribution in [3.63, 3.8) is 0 Å². The van der Waals surface area contributed by atoms with Gasteiger partial charge in [-0.15, -0.1) is 0 Å². The molecule has 2 aromatic carbocycles. The van der Waals surface area contributed by atoms with Gasteiger partial charge in [0.25, 0.3) is 0 Å². The van der Waals surface area contributed by atoms with Gasteiger partial charge in [0.15, 0.2) is 0 Å². The van der Waals surface area contributed by atoms with Gasteiger partial charge in [-0.25, -0.2) is 22.7 Å². The molecule has 0 radical (unpaired) electrons. The summed E-state index contributed by atoms with van der Waals surface area (Å²) in [4.78, 5) is 24.4. The molecule has 0 aliphatic carbocycles. The number of ether oxygens (including phenoxy) is 1. The predicted octanol–water partition coefficient (Wildman–Crippen LogP) is 3.84. The maximum absolute atomic E-state index is 12.5. The zero-order valence-corrected chi connectivity index (χ0v) is 18.8. The van der Waals surface area contributed by atoms with E-state index in [0.717, 1.165) is 11.1 Å². The summed E-state index contributed by atoms with van der Waals surface area (Å²) < 4.78 is 43.0. The number of rotatable bonds is 7. The standard InChI is InChI=1S/C24H21NO7S/c1-15-10-21-18(12-23(26)32-22(21)11-16(15)2)14-31-24(27)17-5-7-20(8-6-17)33(28,29)25-13-19-4-3-9-30-19/h3-12,25H,13-14H2,1-2H3. The van der Waals surface area contributed by atoms with Crippen molar-refractivity contribution in [3.8, 4) is 0 Å². The van der Waals surface area contributed by atoms with Crippen molar-refractivity contribution in [2.24, 2.45) is 0 Å². The summed E-state index contributed by atoms with van der Waals surface area (Å²) in [5.41, 5.74) is 2.59. The van der Waals surface area contributed by atoms with E-state index in [1.807, 2.05) is 19.9 Å². The minimum atomic E-state index is -3.78. The quantitative estimate of drug-likeness (QED) is 0.324. The fourth-order valence-electron chi connectivity index (χ4n) is 3.26. The maximum atomic E-state index is 12.5. The van der Waals surface area contributed by atoms with Crippen LogP contribution in [0.5, 0.6) is 0 Å². The molecule has 0 atom stereocenters. The summed E-state index contributed by atoms with van der Waals surface area (Å²) in [6.45, 7) is 3.73. The zero-order chi connectivity index (χ0) is 23.6. The number of sulfonamides is 1. The average molecular weight is 467 g/mol. The smallest absolute Gasteiger partial charge is 0.338 e. The lowest BCUT2D eigenvalue weighted by Crippen LogP contribution is -2.23. The normalized spacial score (nSPS) is 11.6. The highest BCUT2D eigenvalue weighted by Crippen LogP contribution is 2.22. The molecular formula is C24H21NO7S. The van der Waals surface area contributed by atoms with Crippen LogP contribution < -0.4 is 10.3 Å². The third-order valence-corrected chi connectivity index (χ3v) is 6.64. The van der Waals surface area contributed by atoms with Crippen LogP contribution in [0, 0.1) is 13.8 Å². The van der Waals surface area contributed by atoms with Crippen LogP contribution >= 0.6 is 0 Å². The molecule has 9 heteroatoms. The summed E-state index contributed by atoms with van der Waals surface area (Å²) in [5.74, 6) is -0.167. The minimum absolute atomic E-state index is 0.00288. The Morgan fingerprint density at radius 3 is 2.45 bits per heavy atom. The molecule has 8 nitrogen and oxygen atoms in total. The molecule has 2 heterocycles. The van der Waals surface area contributed by atoms with E-state index in [1.54, 1.807) is 18.2 Å². The van der Waals surface area contributed by atoms with Crippen LogP contribution in [-0.4, -0.2) is 14.4 Å². The maximum Gasteiger partial charge on any atom is 0.338 e. The second kappa shape index (κ2) is 9.05. The first kappa shape index (κ1) is 22.5. The van der Waals surface area contributed by atoms with Crippen molar-refractivity contribution < 1.29 is 26.8 Å². The summed E-state index contributed by atoms with van der Waals surface area (Å²) in [5, 5.41) is 0.689. The summed E-state index contributed by atoms with van der Waals surface area (Å²) in [6, 6.07) is 13.7. The van der Waals surface area contributed by atoms with Crippen LogP contribution in [0.25, 0.3) is 11.0 Å². The van der Waals surface area contributed by atoms with Gasteiger partial charge in [-0.3, -0.25) is 0 Å². The van der Waals surface area contributed by atoms with E-state index in [4.69, 9.17) is 13.6 Å². The van der Waals surface area contributed by atoms with Crippen molar-refractivity contribution in [3.05, 3.63) is 99.3 Å². The summed E-state index contributed by atoms with van der Waals surface area (Å²) in [6.07, 6.45) is 1.46. The van der Waals surface area contributed by atoms with Gasteiger partial charge >= 0.3 is 11.6 Å². The number of fused-ring (bicyclic) bond motifs is 1. The molecule has 0 unspecified atom stereocenters. The Bertz CT molecular complexity index is 1470. The molecule has 4 aromatic rings. The van der Waals surface area contributed by atoms with Crippen molar-refractivity contribution >= 4 is 27.0 Å².